The van der Waals surface area contributed by atoms with Crippen LogP contribution in [0.2, 0.25) is 0 Å². The molecule has 0 aliphatic carbocycles. The lowest BCUT2D eigenvalue weighted by Crippen LogP contribution is -2.30. The Hall–Kier alpha value is -2.50. The van der Waals surface area contributed by atoms with Gasteiger partial charge in [-0.3, -0.25) is 4.79 Å². The Kier molecular flexibility index (Phi) is 4.80. The Morgan fingerprint density at radius 3 is 2.39 bits per heavy atom. The average Bonchev–Trinajstić information content (AvgIpc) is 3.11. The minimum Gasteiger partial charge on any atom is -0.394 e. The zero-order valence-corrected chi connectivity index (χ0v) is 13.2. The van der Waals surface area contributed by atoms with Crippen molar-refractivity contribution in [2.24, 2.45) is 0 Å². The van der Waals surface area contributed by atoms with Crippen LogP contribution >= 0.6 is 11.3 Å². The Labute approximate surface area is 138 Å². The maximum atomic E-state index is 12.4. The summed E-state index contributed by atoms with van der Waals surface area (Å²) >= 11 is 1.34. The van der Waals surface area contributed by atoms with Gasteiger partial charge in [0.2, 0.25) is 0 Å². The molecule has 1 heterocycles. The number of carbonyl (C=O) groups is 1. The van der Waals surface area contributed by atoms with Gasteiger partial charge >= 0.3 is 0 Å². The number of nitrogens with zero attached hydrogens (tertiary/aromatic N) is 1. The van der Waals surface area contributed by atoms with Crippen LogP contribution in [0.4, 0.5) is 0 Å². The van der Waals surface area contributed by atoms with Crippen LogP contribution in [0, 0.1) is 0 Å². The minimum absolute atomic E-state index is 0.153. The second kappa shape index (κ2) is 7.17. The first kappa shape index (κ1) is 15.4. The molecule has 1 atom stereocenters. The summed E-state index contributed by atoms with van der Waals surface area (Å²) in [5.74, 6) is -0.229. The van der Waals surface area contributed by atoms with E-state index in [2.05, 4.69) is 10.3 Å². The van der Waals surface area contributed by atoms with E-state index in [1.165, 1.54) is 11.3 Å². The molecule has 3 rings (SSSR count). The number of benzene rings is 2. The third-order valence-electron chi connectivity index (χ3n) is 3.44. The average molecular weight is 324 g/mol. The van der Waals surface area contributed by atoms with E-state index in [4.69, 9.17) is 0 Å². The van der Waals surface area contributed by atoms with E-state index in [9.17, 15) is 9.90 Å². The Morgan fingerprint density at radius 1 is 1.09 bits per heavy atom. The molecular weight excluding hydrogens is 308 g/mol. The minimum atomic E-state index is -0.425. The Morgan fingerprint density at radius 2 is 1.74 bits per heavy atom. The molecular formula is C18H16N2O2S. The standard InChI is InChI=1S/C18H16N2O2S/c21-12-15(13-7-3-1-4-8-13)20-17(22)16-11-19-18(23-16)14-9-5-2-6-10-14/h1-11,15,21H,12H2,(H,20,22). The quantitative estimate of drug-likeness (QED) is 0.757. The number of aliphatic hydroxyl groups is 1. The van der Waals surface area contributed by atoms with Gasteiger partial charge < -0.3 is 10.4 Å². The van der Waals surface area contributed by atoms with E-state index in [1.54, 1.807) is 6.20 Å². The van der Waals surface area contributed by atoms with Gasteiger partial charge in [0.05, 0.1) is 18.8 Å². The molecule has 23 heavy (non-hydrogen) atoms. The van der Waals surface area contributed by atoms with Crippen LogP contribution in [-0.4, -0.2) is 22.6 Å². The van der Waals surface area contributed by atoms with Gasteiger partial charge in [-0.15, -0.1) is 11.3 Å². The normalized spacial score (nSPS) is 11.9. The van der Waals surface area contributed by atoms with Crippen molar-refractivity contribution in [3.8, 4) is 10.6 Å². The third kappa shape index (κ3) is 3.64. The van der Waals surface area contributed by atoms with E-state index in [-0.39, 0.29) is 12.5 Å². The fourth-order valence-corrected chi connectivity index (χ4v) is 3.07. The van der Waals surface area contributed by atoms with E-state index in [0.29, 0.717) is 4.88 Å². The van der Waals surface area contributed by atoms with Crippen LogP contribution in [0.15, 0.2) is 66.9 Å². The summed E-state index contributed by atoms with van der Waals surface area (Å²) in [5.41, 5.74) is 1.86. The highest BCUT2D eigenvalue weighted by molar-refractivity contribution is 7.16. The topological polar surface area (TPSA) is 62.2 Å². The summed E-state index contributed by atoms with van der Waals surface area (Å²) in [7, 11) is 0. The molecule has 1 amide bonds. The zero-order chi connectivity index (χ0) is 16.1. The number of thiazole rings is 1. The van der Waals surface area contributed by atoms with Gasteiger partial charge in [0, 0.05) is 5.56 Å². The molecule has 0 saturated carbocycles. The van der Waals surface area contributed by atoms with E-state index in [0.717, 1.165) is 16.1 Å². The lowest BCUT2D eigenvalue weighted by atomic mass is 10.1. The van der Waals surface area contributed by atoms with Crippen LogP contribution in [0.1, 0.15) is 21.3 Å². The van der Waals surface area contributed by atoms with E-state index < -0.39 is 6.04 Å². The van der Waals surface area contributed by atoms with Gasteiger partial charge in [-0.25, -0.2) is 4.98 Å². The molecule has 0 aliphatic rings. The Bertz CT molecular complexity index is 772. The molecule has 1 aromatic heterocycles. The molecule has 2 N–H and O–H groups in total. The molecule has 0 radical (unpaired) electrons. The number of nitrogens with one attached hydrogen (secondary N) is 1. The number of amides is 1. The number of aromatic nitrogens is 1. The highest BCUT2D eigenvalue weighted by atomic mass is 32.1. The molecule has 3 aromatic rings. The molecule has 4 nitrogen and oxygen atoms in total. The number of hydrogen-bond acceptors (Lipinski definition) is 4. The zero-order valence-electron chi connectivity index (χ0n) is 12.3. The molecule has 1 unspecified atom stereocenters. The smallest absolute Gasteiger partial charge is 0.263 e. The van der Waals surface area contributed by atoms with Crippen molar-refractivity contribution in [3.05, 3.63) is 77.3 Å². The molecule has 0 aliphatic heterocycles. The van der Waals surface area contributed by atoms with Crippen molar-refractivity contribution < 1.29 is 9.90 Å². The fourth-order valence-electron chi connectivity index (χ4n) is 2.24. The monoisotopic (exact) mass is 324 g/mol. The number of hydrogen-bond donors (Lipinski definition) is 2. The van der Waals surface area contributed by atoms with E-state index in [1.807, 2.05) is 60.7 Å². The van der Waals surface area contributed by atoms with Crippen molar-refractivity contribution in [2.75, 3.05) is 6.61 Å². The lowest BCUT2D eigenvalue weighted by molar-refractivity contribution is 0.0920. The maximum absolute atomic E-state index is 12.4. The summed E-state index contributed by atoms with van der Waals surface area (Å²) in [6.45, 7) is -0.153. The van der Waals surface area contributed by atoms with Gasteiger partial charge in [-0.05, 0) is 5.56 Å². The van der Waals surface area contributed by atoms with Crippen LogP contribution < -0.4 is 5.32 Å². The Balaban J connectivity index is 1.75. The molecule has 116 valence electrons. The molecule has 5 heteroatoms. The molecule has 0 bridgehead atoms. The van der Waals surface area contributed by atoms with Crippen molar-refractivity contribution >= 4 is 17.2 Å². The van der Waals surface area contributed by atoms with Crippen molar-refractivity contribution in [1.29, 1.82) is 0 Å². The maximum Gasteiger partial charge on any atom is 0.263 e. The largest absolute Gasteiger partial charge is 0.394 e. The summed E-state index contributed by atoms with van der Waals surface area (Å²) < 4.78 is 0. The van der Waals surface area contributed by atoms with Gasteiger partial charge in [0.1, 0.15) is 9.88 Å². The van der Waals surface area contributed by atoms with Gasteiger partial charge in [0.25, 0.3) is 5.91 Å². The van der Waals surface area contributed by atoms with Crippen LogP contribution in [0.3, 0.4) is 0 Å². The fraction of sp³-hybridized carbons (Fsp3) is 0.111. The van der Waals surface area contributed by atoms with Crippen LogP contribution in [-0.2, 0) is 0 Å². The molecule has 0 fully saturated rings. The van der Waals surface area contributed by atoms with Crippen molar-refractivity contribution in [1.82, 2.24) is 10.3 Å². The number of rotatable bonds is 5. The SMILES string of the molecule is O=C(NC(CO)c1ccccc1)c1cnc(-c2ccccc2)s1. The molecule has 0 spiro atoms. The number of aliphatic hydroxyl groups excluding tert-OH is 1. The molecule has 2 aromatic carbocycles. The predicted molar refractivity (Wildman–Crippen MR) is 91.3 cm³/mol. The summed E-state index contributed by atoms with van der Waals surface area (Å²) in [6.07, 6.45) is 1.57. The highest BCUT2D eigenvalue weighted by Crippen LogP contribution is 2.25. The highest BCUT2D eigenvalue weighted by Gasteiger charge is 2.17. The van der Waals surface area contributed by atoms with Crippen LogP contribution in [0.5, 0.6) is 0 Å². The van der Waals surface area contributed by atoms with Crippen LogP contribution in [0.25, 0.3) is 10.6 Å². The second-order valence-electron chi connectivity index (χ2n) is 5.01. The van der Waals surface area contributed by atoms with Gasteiger partial charge in [0.15, 0.2) is 0 Å². The lowest BCUT2D eigenvalue weighted by Gasteiger charge is -2.15. The predicted octanol–water partition coefficient (Wildman–Crippen LogP) is 3.27. The summed E-state index contributed by atoms with van der Waals surface area (Å²) in [6, 6.07) is 18.7. The van der Waals surface area contributed by atoms with Crippen molar-refractivity contribution in [3.63, 3.8) is 0 Å². The first-order chi connectivity index (χ1) is 11.3. The summed E-state index contributed by atoms with van der Waals surface area (Å²) in [5, 5.41) is 13.2. The van der Waals surface area contributed by atoms with E-state index >= 15 is 0 Å². The first-order valence-corrected chi connectivity index (χ1v) is 8.07. The van der Waals surface area contributed by atoms with Gasteiger partial charge in [-0.1, -0.05) is 60.7 Å². The van der Waals surface area contributed by atoms with Crippen molar-refractivity contribution in [2.45, 2.75) is 6.04 Å². The second-order valence-corrected chi connectivity index (χ2v) is 6.05. The number of carbonyl (C=O) groups excluding carboxylic acids is 1. The first-order valence-electron chi connectivity index (χ1n) is 7.26. The van der Waals surface area contributed by atoms with Gasteiger partial charge in [-0.2, -0.15) is 0 Å². The summed E-state index contributed by atoms with van der Waals surface area (Å²) in [4.78, 5) is 17.2. The molecule has 0 saturated heterocycles. The third-order valence-corrected chi connectivity index (χ3v) is 4.49.